The molecule has 1 aromatic carbocycles. The molecule has 1 aliphatic heterocycles. The van der Waals surface area contributed by atoms with E-state index in [0.29, 0.717) is 5.92 Å². The summed E-state index contributed by atoms with van der Waals surface area (Å²) in [7, 11) is 0. The number of nitrogens with two attached hydrogens (primary N) is 1. The number of benzene rings is 1. The van der Waals surface area contributed by atoms with Gasteiger partial charge in [0.2, 0.25) is 0 Å². The molecule has 1 saturated heterocycles. The number of carbonyl (C=O) groups is 1. The van der Waals surface area contributed by atoms with Gasteiger partial charge in [0.1, 0.15) is 6.04 Å². The molecule has 1 aliphatic rings. The van der Waals surface area contributed by atoms with Crippen molar-refractivity contribution >= 4 is 5.97 Å². The molecule has 1 fully saturated rings. The number of hydrogen-bond acceptors (Lipinski definition) is 3. The molecule has 92 valence electrons. The topological polar surface area (TPSA) is 75.4 Å². The maximum Gasteiger partial charge on any atom is 0.325 e. The average Bonchev–Trinajstić information content (AvgIpc) is 2.39. The Kier molecular flexibility index (Phi) is 3.76. The predicted octanol–water partition coefficient (Wildman–Crippen LogP) is 1.24. The first kappa shape index (κ1) is 12.1. The average molecular weight is 234 g/mol. The van der Waals surface area contributed by atoms with Crippen LogP contribution in [0.1, 0.15) is 35.9 Å². The number of hydrogen-bond donors (Lipinski definition) is 3. The van der Waals surface area contributed by atoms with Crippen molar-refractivity contribution in [3.63, 3.8) is 0 Å². The van der Waals surface area contributed by atoms with Gasteiger partial charge in [-0.2, -0.15) is 0 Å². The van der Waals surface area contributed by atoms with Crippen LogP contribution < -0.4 is 11.1 Å². The van der Waals surface area contributed by atoms with Crippen LogP contribution in [0.5, 0.6) is 0 Å². The third-order valence-corrected chi connectivity index (χ3v) is 3.38. The van der Waals surface area contributed by atoms with Crippen LogP contribution in [0.4, 0.5) is 0 Å². The summed E-state index contributed by atoms with van der Waals surface area (Å²) >= 11 is 0. The lowest BCUT2D eigenvalue weighted by Crippen LogP contribution is -2.29. The summed E-state index contributed by atoms with van der Waals surface area (Å²) in [6, 6.07) is 6.73. The Labute approximate surface area is 101 Å². The van der Waals surface area contributed by atoms with Gasteiger partial charge < -0.3 is 16.2 Å². The first-order valence-corrected chi connectivity index (χ1v) is 5.98. The van der Waals surface area contributed by atoms with Gasteiger partial charge >= 0.3 is 5.97 Å². The lowest BCUT2D eigenvalue weighted by atomic mass is 9.85. The second-order valence-corrected chi connectivity index (χ2v) is 4.47. The summed E-state index contributed by atoms with van der Waals surface area (Å²) in [5.74, 6) is -0.538. The molecule has 0 radical (unpaired) electrons. The maximum atomic E-state index is 11.0. The minimum Gasteiger partial charge on any atom is -0.480 e. The molecule has 0 bridgehead atoms. The molecule has 0 amide bonds. The van der Waals surface area contributed by atoms with Gasteiger partial charge in [0.25, 0.3) is 0 Å². The van der Waals surface area contributed by atoms with Crippen molar-refractivity contribution in [1.29, 1.82) is 0 Å². The molecule has 17 heavy (non-hydrogen) atoms. The summed E-state index contributed by atoms with van der Waals surface area (Å²) in [5.41, 5.74) is 7.59. The second-order valence-electron chi connectivity index (χ2n) is 4.47. The number of nitrogens with one attached hydrogen (secondary N) is 1. The highest BCUT2D eigenvalue weighted by molar-refractivity contribution is 5.75. The molecule has 2 rings (SSSR count). The van der Waals surface area contributed by atoms with Crippen LogP contribution in [0.3, 0.4) is 0 Å². The second kappa shape index (κ2) is 5.29. The zero-order chi connectivity index (χ0) is 12.3. The Hall–Kier alpha value is -1.39. The third-order valence-electron chi connectivity index (χ3n) is 3.38. The van der Waals surface area contributed by atoms with Crippen molar-refractivity contribution in [3.8, 4) is 0 Å². The molecule has 0 aliphatic carbocycles. The van der Waals surface area contributed by atoms with E-state index in [2.05, 4.69) is 5.32 Å². The Balaban J connectivity index is 2.29. The number of piperidine rings is 1. The summed E-state index contributed by atoms with van der Waals surface area (Å²) in [4.78, 5) is 11.0. The van der Waals surface area contributed by atoms with Crippen LogP contribution in [0.15, 0.2) is 24.3 Å². The van der Waals surface area contributed by atoms with Gasteiger partial charge in [-0.05, 0) is 43.0 Å². The summed E-state index contributed by atoms with van der Waals surface area (Å²) in [6.07, 6.45) is 2.09. The van der Waals surface area contributed by atoms with E-state index >= 15 is 0 Å². The molecule has 4 heteroatoms. The highest BCUT2D eigenvalue weighted by atomic mass is 16.4. The Morgan fingerprint density at radius 3 is 2.65 bits per heavy atom. The van der Waals surface area contributed by atoms with Crippen LogP contribution in [-0.4, -0.2) is 24.2 Å². The third kappa shape index (κ3) is 2.65. The van der Waals surface area contributed by atoms with Gasteiger partial charge in [-0.15, -0.1) is 0 Å². The predicted molar refractivity (Wildman–Crippen MR) is 65.9 cm³/mol. The van der Waals surface area contributed by atoms with E-state index in [1.807, 2.05) is 24.3 Å². The fourth-order valence-corrected chi connectivity index (χ4v) is 2.43. The first-order chi connectivity index (χ1) is 8.20. The van der Waals surface area contributed by atoms with Crippen LogP contribution in [0, 0.1) is 0 Å². The van der Waals surface area contributed by atoms with E-state index in [1.54, 1.807) is 0 Å². The number of rotatable bonds is 3. The van der Waals surface area contributed by atoms with E-state index in [0.717, 1.165) is 37.1 Å². The van der Waals surface area contributed by atoms with E-state index in [9.17, 15) is 4.79 Å². The first-order valence-electron chi connectivity index (χ1n) is 5.98. The lowest BCUT2D eigenvalue weighted by Gasteiger charge is -2.26. The van der Waals surface area contributed by atoms with Crippen molar-refractivity contribution in [2.24, 2.45) is 5.73 Å². The zero-order valence-corrected chi connectivity index (χ0v) is 9.73. The van der Waals surface area contributed by atoms with Gasteiger partial charge in [-0.3, -0.25) is 4.79 Å². The molecule has 1 atom stereocenters. The van der Waals surface area contributed by atoms with Crippen molar-refractivity contribution in [3.05, 3.63) is 35.4 Å². The minimum atomic E-state index is -0.966. The molecule has 1 heterocycles. The summed E-state index contributed by atoms with van der Waals surface area (Å²) in [6.45, 7) is 1.97. The van der Waals surface area contributed by atoms with Crippen LogP contribution in [0.2, 0.25) is 0 Å². The molecular weight excluding hydrogens is 216 g/mol. The molecule has 0 spiro atoms. The number of carboxylic acids is 1. The van der Waals surface area contributed by atoms with Gasteiger partial charge in [-0.1, -0.05) is 24.3 Å². The van der Waals surface area contributed by atoms with Crippen molar-refractivity contribution in [2.75, 3.05) is 13.1 Å². The van der Waals surface area contributed by atoms with Crippen LogP contribution in [0.25, 0.3) is 0 Å². The van der Waals surface area contributed by atoms with Gasteiger partial charge in [0, 0.05) is 0 Å². The number of carboxylic acid groups (broad SMARTS) is 1. The summed E-state index contributed by atoms with van der Waals surface area (Å²) in [5, 5.41) is 12.3. The van der Waals surface area contributed by atoms with Gasteiger partial charge in [0.15, 0.2) is 0 Å². The molecule has 0 saturated carbocycles. The SMILES string of the molecule is NC(C(=O)O)c1ccccc1C1CCNCC1. The largest absolute Gasteiger partial charge is 0.480 e. The van der Waals surface area contributed by atoms with E-state index in [1.165, 1.54) is 0 Å². The smallest absolute Gasteiger partial charge is 0.325 e. The molecule has 0 aromatic heterocycles. The van der Waals surface area contributed by atoms with E-state index in [-0.39, 0.29) is 0 Å². The Morgan fingerprint density at radius 2 is 2.00 bits per heavy atom. The molecule has 4 nitrogen and oxygen atoms in total. The maximum absolute atomic E-state index is 11.0. The highest BCUT2D eigenvalue weighted by Crippen LogP contribution is 2.30. The fraction of sp³-hybridized carbons (Fsp3) is 0.462. The zero-order valence-electron chi connectivity index (χ0n) is 9.73. The van der Waals surface area contributed by atoms with Crippen molar-refractivity contribution < 1.29 is 9.90 Å². The Bertz CT molecular complexity index is 400. The fourth-order valence-electron chi connectivity index (χ4n) is 2.43. The van der Waals surface area contributed by atoms with Gasteiger partial charge in [-0.25, -0.2) is 0 Å². The Morgan fingerprint density at radius 1 is 1.35 bits per heavy atom. The van der Waals surface area contributed by atoms with Crippen molar-refractivity contribution in [1.82, 2.24) is 5.32 Å². The normalized spacial score (nSPS) is 18.9. The molecular formula is C13H18N2O2. The van der Waals surface area contributed by atoms with Crippen LogP contribution in [-0.2, 0) is 4.79 Å². The van der Waals surface area contributed by atoms with Gasteiger partial charge in [0.05, 0.1) is 0 Å². The molecule has 1 unspecified atom stereocenters. The van der Waals surface area contributed by atoms with Crippen molar-refractivity contribution in [2.45, 2.75) is 24.8 Å². The summed E-state index contributed by atoms with van der Waals surface area (Å²) < 4.78 is 0. The monoisotopic (exact) mass is 234 g/mol. The molecule has 4 N–H and O–H groups in total. The lowest BCUT2D eigenvalue weighted by molar-refractivity contribution is -0.138. The van der Waals surface area contributed by atoms with E-state index < -0.39 is 12.0 Å². The highest BCUT2D eigenvalue weighted by Gasteiger charge is 2.23. The molecule has 1 aromatic rings. The standard InChI is InChI=1S/C13H18N2O2/c14-12(13(16)17)11-4-2-1-3-10(11)9-5-7-15-8-6-9/h1-4,9,12,15H,5-8,14H2,(H,16,17). The quantitative estimate of drug-likeness (QED) is 0.735. The number of aliphatic carboxylic acids is 1. The minimum absolute atomic E-state index is 0.429. The van der Waals surface area contributed by atoms with Crippen LogP contribution >= 0.6 is 0 Å². The van der Waals surface area contributed by atoms with E-state index in [4.69, 9.17) is 10.8 Å².